The number of nitrogens with zero attached hydrogens (tertiary/aromatic N) is 4. The normalized spacial score (nSPS) is 10.8. The first-order valence-electron chi connectivity index (χ1n) is 11.4. The molecule has 7 heteroatoms. The third-order valence-corrected chi connectivity index (χ3v) is 5.28. The van der Waals surface area contributed by atoms with Gasteiger partial charge in [0.05, 0.1) is 11.9 Å². The monoisotopic (exact) mass is 442 g/mol. The van der Waals surface area contributed by atoms with E-state index in [4.69, 9.17) is 0 Å². The predicted octanol–water partition coefficient (Wildman–Crippen LogP) is 5.16. The number of unbranched alkanes of at least 4 members (excludes halogenated alkanes) is 2. The van der Waals surface area contributed by atoms with Gasteiger partial charge in [0.25, 0.3) is 5.56 Å². The largest absolute Gasteiger partial charge is 0.372 e. The average molecular weight is 443 g/mol. The number of hydrogen-bond acceptors (Lipinski definition) is 6. The standard InChI is InChI=1S/C26H30N6O/c1-3-5-16-32(17-6-4-2)22-14-12-20(13-15-22)19-28-31-26-29-24(21-10-8-7-9-11-21)23(18-27)25(33)30-26/h7-15,19H,3-6,16-17H2,1-2H3,(H2,29,30,31,33). The maximum absolute atomic E-state index is 12.3. The smallest absolute Gasteiger partial charge is 0.270 e. The lowest BCUT2D eigenvalue weighted by molar-refractivity contribution is 0.678. The number of nitrogens with one attached hydrogen (secondary N) is 2. The van der Waals surface area contributed by atoms with Crippen LogP contribution in [0, 0.1) is 11.3 Å². The highest BCUT2D eigenvalue weighted by Gasteiger charge is 2.12. The van der Waals surface area contributed by atoms with Gasteiger partial charge in [-0.2, -0.15) is 10.4 Å². The van der Waals surface area contributed by atoms with E-state index in [9.17, 15) is 10.1 Å². The van der Waals surface area contributed by atoms with Crippen molar-refractivity contribution in [3.63, 3.8) is 0 Å². The molecule has 0 atom stereocenters. The Bertz CT molecular complexity index is 1140. The zero-order valence-electron chi connectivity index (χ0n) is 19.2. The van der Waals surface area contributed by atoms with Crippen molar-refractivity contribution in [2.45, 2.75) is 39.5 Å². The Hall–Kier alpha value is -3.92. The number of hydrazone groups is 1. The maximum atomic E-state index is 12.3. The fraction of sp³-hybridized carbons (Fsp3) is 0.308. The van der Waals surface area contributed by atoms with Crippen LogP contribution in [0.5, 0.6) is 0 Å². The molecule has 0 aliphatic carbocycles. The molecule has 0 bridgehead atoms. The predicted molar refractivity (Wildman–Crippen MR) is 135 cm³/mol. The zero-order valence-corrected chi connectivity index (χ0v) is 19.2. The second-order valence-electron chi connectivity index (χ2n) is 7.77. The molecule has 2 N–H and O–H groups in total. The fourth-order valence-corrected chi connectivity index (χ4v) is 3.44. The minimum absolute atomic E-state index is 0.0259. The molecule has 170 valence electrons. The van der Waals surface area contributed by atoms with Crippen LogP contribution in [0.4, 0.5) is 11.6 Å². The fourth-order valence-electron chi connectivity index (χ4n) is 3.44. The van der Waals surface area contributed by atoms with Crippen LogP contribution in [0.2, 0.25) is 0 Å². The molecule has 0 saturated heterocycles. The van der Waals surface area contributed by atoms with Crippen LogP contribution >= 0.6 is 0 Å². The van der Waals surface area contributed by atoms with Gasteiger partial charge in [-0.15, -0.1) is 0 Å². The number of aromatic nitrogens is 2. The molecule has 33 heavy (non-hydrogen) atoms. The van der Waals surface area contributed by atoms with Crippen molar-refractivity contribution in [3.8, 4) is 17.3 Å². The van der Waals surface area contributed by atoms with E-state index in [1.807, 2.05) is 48.5 Å². The van der Waals surface area contributed by atoms with Crippen molar-refractivity contribution < 1.29 is 0 Å². The van der Waals surface area contributed by atoms with Crippen molar-refractivity contribution in [1.29, 1.82) is 5.26 Å². The van der Waals surface area contributed by atoms with Gasteiger partial charge in [-0.3, -0.25) is 9.78 Å². The van der Waals surface area contributed by atoms with E-state index in [0.29, 0.717) is 11.3 Å². The summed E-state index contributed by atoms with van der Waals surface area (Å²) in [5.41, 5.74) is 5.40. The van der Waals surface area contributed by atoms with Crippen molar-refractivity contribution in [2.24, 2.45) is 5.10 Å². The molecule has 0 saturated carbocycles. The van der Waals surface area contributed by atoms with Crippen LogP contribution < -0.4 is 15.9 Å². The summed E-state index contributed by atoms with van der Waals surface area (Å²) in [6, 6.07) is 19.4. The molecule has 2 aromatic carbocycles. The molecular weight excluding hydrogens is 412 g/mol. The van der Waals surface area contributed by atoms with Crippen LogP contribution in [-0.4, -0.2) is 29.3 Å². The first-order chi connectivity index (χ1) is 16.2. The zero-order chi connectivity index (χ0) is 23.5. The summed E-state index contributed by atoms with van der Waals surface area (Å²) < 4.78 is 0. The van der Waals surface area contributed by atoms with Gasteiger partial charge in [0, 0.05) is 24.3 Å². The van der Waals surface area contributed by atoms with Gasteiger partial charge in [-0.25, -0.2) is 10.4 Å². The quantitative estimate of drug-likeness (QED) is 0.316. The number of aromatic amines is 1. The van der Waals surface area contributed by atoms with E-state index in [0.717, 1.165) is 18.7 Å². The Morgan fingerprint density at radius 3 is 2.33 bits per heavy atom. The molecule has 0 spiro atoms. The molecule has 1 aromatic heterocycles. The molecular formula is C26H30N6O. The Morgan fingerprint density at radius 2 is 1.73 bits per heavy atom. The molecule has 0 amide bonds. The van der Waals surface area contributed by atoms with Gasteiger partial charge < -0.3 is 4.90 Å². The minimum Gasteiger partial charge on any atom is -0.372 e. The van der Waals surface area contributed by atoms with E-state index < -0.39 is 5.56 Å². The average Bonchev–Trinajstić information content (AvgIpc) is 2.85. The van der Waals surface area contributed by atoms with Crippen LogP contribution in [0.15, 0.2) is 64.5 Å². The number of rotatable bonds is 11. The Balaban J connectivity index is 1.73. The summed E-state index contributed by atoms with van der Waals surface area (Å²) in [4.78, 5) is 21.7. The van der Waals surface area contributed by atoms with E-state index in [1.54, 1.807) is 6.21 Å². The van der Waals surface area contributed by atoms with Crippen molar-refractivity contribution in [2.75, 3.05) is 23.4 Å². The lowest BCUT2D eigenvalue weighted by Gasteiger charge is -2.24. The molecule has 0 unspecified atom stereocenters. The third-order valence-electron chi connectivity index (χ3n) is 5.28. The van der Waals surface area contributed by atoms with Gasteiger partial charge in [0.1, 0.15) is 11.6 Å². The van der Waals surface area contributed by atoms with E-state index in [-0.39, 0.29) is 11.5 Å². The molecule has 0 radical (unpaired) electrons. The van der Waals surface area contributed by atoms with E-state index >= 15 is 0 Å². The van der Waals surface area contributed by atoms with Gasteiger partial charge >= 0.3 is 0 Å². The highest BCUT2D eigenvalue weighted by molar-refractivity contribution is 5.81. The summed E-state index contributed by atoms with van der Waals surface area (Å²) in [5, 5.41) is 13.6. The second kappa shape index (κ2) is 12.2. The third kappa shape index (κ3) is 6.53. The Kier molecular flexibility index (Phi) is 8.78. The van der Waals surface area contributed by atoms with Crippen molar-refractivity contribution in [1.82, 2.24) is 9.97 Å². The minimum atomic E-state index is -0.507. The van der Waals surface area contributed by atoms with Crippen LogP contribution in [0.3, 0.4) is 0 Å². The molecule has 1 heterocycles. The Labute approximate surface area is 194 Å². The van der Waals surface area contributed by atoms with Gasteiger partial charge in [-0.1, -0.05) is 69.2 Å². The number of benzene rings is 2. The number of hydrogen-bond donors (Lipinski definition) is 2. The molecule has 0 aliphatic heterocycles. The van der Waals surface area contributed by atoms with Crippen LogP contribution in [0.25, 0.3) is 11.3 Å². The summed E-state index contributed by atoms with van der Waals surface area (Å²) in [5.74, 6) is 0.177. The highest BCUT2D eigenvalue weighted by Crippen LogP contribution is 2.20. The van der Waals surface area contributed by atoms with Gasteiger partial charge in [0.2, 0.25) is 5.95 Å². The topological polar surface area (TPSA) is 97.2 Å². The van der Waals surface area contributed by atoms with Gasteiger partial charge in [-0.05, 0) is 30.5 Å². The Morgan fingerprint density at radius 1 is 1.06 bits per heavy atom. The van der Waals surface area contributed by atoms with E-state index in [1.165, 1.54) is 31.4 Å². The van der Waals surface area contributed by atoms with Crippen molar-refractivity contribution in [3.05, 3.63) is 76.1 Å². The summed E-state index contributed by atoms with van der Waals surface area (Å²) in [6.45, 7) is 6.55. The maximum Gasteiger partial charge on any atom is 0.270 e. The number of nitriles is 1. The SMILES string of the molecule is CCCCN(CCCC)c1ccc(C=NNc2nc(-c3ccccc3)c(C#N)c(=O)[nH]2)cc1. The van der Waals surface area contributed by atoms with Gasteiger partial charge in [0.15, 0.2) is 0 Å². The van der Waals surface area contributed by atoms with Crippen LogP contribution in [-0.2, 0) is 0 Å². The number of H-pyrrole nitrogens is 1. The molecule has 0 aliphatic rings. The lowest BCUT2D eigenvalue weighted by Crippen LogP contribution is -2.25. The molecule has 0 fully saturated rings. The lowest BCUT2D eigenvalue weighted by atomic mass is 10.1. The first-order valence-corrected chi connectivity index (χ1v) is 11.4. The van der Waals surface area contributed by atoms with E-state index in [2.05, 4.69) is 51.4 Å². The number of anilines is 2. The van der Waals surface area contributed by atoms with Crippen molar-refractivity contribution >= 4 is 17.9 Å². The second-order valence-corrected chi connectivity index (χ2v) is 7.77. The summed E-state index contributed by atoms with van der Waals surface area (Å²) >= 11 is 0. The molecule has 3 aromatic rings. The highest BCUT2D eigenvalue weighted by atomic mass is 16.1. The van der Waals surface area contributed by atoms with Crippen LogP contribution in [0.1, 0.15) is 50.7 Å². The summed E-state index contributed by atoms with van der Waals surface area (Å²) in [7, 11) is 0. The first kappa shape index (κ1) is 23.7. The summed E-state index contributed by atoms with van der Waals surface area (Å²) in [6.07, 6.45) is 6.38. The molecule has 7 nitrogen and oxygen atoms in total. The molecule has 3 rings (SSSR count).